The Hall–Kier alpha value is -3.01. The number of rotatable bonds is 3. The van der Waals surface area contributed by atoms with Crippen LogP contribution in [0.25, 0.3) is 0 Å². The molecule has 0 fully saturated rings. The second-order valence-electron chi connectivity index (χ2n) is 6.06. The lowest BCUT2D eigenvalue weighted by molar-refractivity contribution is -0.115. The van der Waals surface area contributed by atoms with Gasteiger partial charge in [-0.05, 0) is 38.1 Å². The van der Waals surface area contributed by atoms with Crippen molar-refractivity contribution in [2.75, 3.05) is 12.0 Å². The Morgan fingerprint density at radius 1 is 1.12 bits per heavy atom. The predicted octanol–water partition coefficient (Wildman–Crippen LogP) is 4.48. The summed E-state index contributed by atoms with van der Waals surface area (Å²) in [7, 11) is 1.62. The number of aliphatic hydroxyl groups excluding tert-OH is 1. The number of aryl methyl sites for hydroxylation is 1. The molecule has 0 spiro atoms. The van der Waals surface area contributed by atoms with Crippen molar-refractivity contribution in [1.82, 2.24) is 0 Å². The van der Waals surface area contributed by atoms with Crippen molar-refractivity contribution in [3.05, 3.63) is 83.1 Å². The molecular weight excluding hydrogens is 314 g/mol. The highest BCUT2D eigenvalue weighted by Crippen LogP contribution is 2.37. The number of anilines is 1. The Morgan fingerprint density at radius 3 is 2.44 bits per heavy atom. The molecule has 4 heteroatoms. The molecule has 0 bridgehead atoms. The first-order valence-corrected chi connectivity index (χ1v) is 8.14. The van der Waals surface area contributed by atoms with Gasteiger partial charge in [0.1, 0.15) is 11.5 Å². The second kappa shape index (κ2) is 6.85. The molecule has 1 N–H and O–H groups in total. The van der Waals surface area contributed by atoms with Crippen molar-refractivity contribution < 1.29 is 14.6 Å². The zero-order valence-electron chi connectivity index (χ0n) is 14.6. The van der Waals surface area contributed by atoms with Crippen molar-refractivity contribution in [1.29, 1.82) is 0 Å². The number of benzene rings is 2. The minimum Gasteiger partial charge on any atom is -0.512 e. The van der Waals surface area contributed by atoms with Gasteiger partial charge in [-0.3, -0.25) is 9.69 Å². The van der Waals surface area contributed by atoms with Crippen molar-refractivity contribution in [2.24, 2.45) is 0 Å². The summed E-state index contributed by atoms with van der Waals surface area (Å²) in [5.74, 6) is 0.495. The van der Waals surface area contributed by atoms with Gasteiger partial charge in [-0.25, -0.2) is 0 Å². The van der Waals surface area contributed by atoms with E-state index in [1.165, 1.54) is 6.92 Å². The van der Waals surface area contributed by atoms with Gasteiger partial charge >= 0.3 is 0 Å². The minimum atomic E-state index is -0.311. The van der Waals surface area contributed by atoms with Gasteiger partial charge < -0.3 is 9.84 Å². The van der Waals surface area contributed by atoms with Gasteiger partial charge in [-0.15, -0.1) is 0 Å². The molecule has 1 aliphatic heterocycles. The van der Waals surface area contributed by atoms with Crippen molar-refractivity contribution in [3.8, 4) is 5.75 Å². The number of carbonyl (C=O) groups is 1. The second-order valence-corrected chi connectivity index (χ2v) is 6.06. The number of methoxy groups -OCH3 is 1. The summed E-state index contributed by atoms with van der Waals surface area (Å²) >= 11 is 0. The maximum Gasteiger partial charge on any atom is 0.262 e. The van der Waals surface area contributed by atoms with E-state index in [0.717, 1.165) is 22.6 Å². The van der Waals surface area contributed by atoms with E-state index in [2.05, 4.69) is 0 Å². The number of hydrogen-bond acceptors (Lipinski definition) is 3. The third-order valence-corrected chi connectivity index (χ3v) is 4.33. The fourth-order valence-electron chi connectivity index (χ4n) is 3.01. The standard InChI is InChI=1S/C21H21NO3/c1-14-8-10-16(11-9-14)22-19(13-12-17(15(2)23)21(22)24)18-6-4-5-7-20(18)25-3/h4-13,19,23H,1-3H3/b17-15+. The Bertz CT molecular complexity index is 846. The van der Waals surface area contributed by atoms with Crippen LogP contribution in [0.2, 0.25) is 0 Å². The van der Waals surface area contributed by atoms with E-state index in [4.69, 9.17) is 4.74 Å². The highest BCUT2D eigenvalue weighted by Gasteiger charge is 2.32. The highest BCUT2D eigenvalue weighted by molar-refractivity contribution is 6.09. The number of carbonyl (C=O) groups excluding carboxylic acids is 1. The van der Waals surface area contributed by atoms with Crippen LogP contribution in [0.5, 0.6) is 5.75 Å². The van der Waals surface area contributed by atoms with Crippen LogP contribution in [0.3, 0.4) is 0 Å². The molecule has 1 aliphatic rings. The van der Waals surface area contributed by atoms with E-state index < -0.39 is 0 Å². The molecule has 1 unspecified atom stereocenters. The molecule has 3 rings (SSSR count). The lowest BCUT2D eigenvalue weighted by Crippen LogP contribution is -2.38. The van der Waals surface area contributed by atoms with E-state index in [1.807, 2.05) is 61.5 Å². The third-order valence-electron chi connectivity index (χ3n) is 4.33. The van der Waals surface area contributed by atoms with Gasteiger partial charge in [0.25, 0.3) is 5.91 Å². The van der Waals surface area contributed by atoms with E-state index in [1.54, 1.807) is 18.1 Å². The van der Waals surface area contributed by atoms with Crippen LogP contribution >= 0.6 is 0 Å². The average molecular weight is 335 g/mol. The van der Waals surface area contributed by atoms with Crippen molar-refractivity contribution in [2.45, 2.75) is 19.9 Å². The van der Waals surface area contributed by atoms with Crippen LogP contribution in [0.15, 0.2) is 72.0 Å². The average Bonchev–Trinajstić information content (AvgIpc) is 2.62. The fraction of sp³-hybridized carbons (Fsp3) is 0.190. The minimum absolute atomic E-state index is 0.0110. The fourth-order valence-corrected chi connectivity index (χ4v) is 3.01. The van der Waals surface area contributed by atoms with E-state index in [9.17, 15) is 9.90 Å². The third kappa shape index (κ3) is 3.15. The molecule has 0 saturated carbocycles. The molecular formula is C21H21NO3. The van der Waals surface area contributed by atoms with Gasteiger partial charge in [0.05, 0.1) is 18.7 Å². The highest BCUT2D eigenvalue weighted by atomic mass is 16.5. The van der Waals surface area contributed by atoms with E-state index in [0.29, 0.717) is 5.57 Å². The van der Waals surface area contributed by atoms with E-state index in [-0.39, 0.29) is 17.7 Å². The zero-order chi connectivity index (χ0) is 18.0. The summed E-state index contributed by atoms with van der Waals surface area (Å²) in [4.78, 5) is 14.7. The summed E-state index contributed by atoms with van der Waals surface area (Å²) in [6.45, 7) is 3.52. The van der Waals surface area contributed by atoms with Gasteiger partial charge in [0.15, 0.2) is 0 Å². The number of para-hydroxylation sites is 1. The number of aliphatic hydroxyl groups is 1. The summed E-state index contributed by atoms with van der Waals surface area (Å²) in [5, 5.41) is 9.87. The monoisotopic (exact) mass is 335 g/mol. The van der Waals surface area contributed by atoms with Crippen LogP contribution in [-0.4, -0.2) is 18.1 Å². The maximum atomic E-state index is 13.1. The normalized spacial score (nSPS) is 19.1. The van der Waals surface area contributed by atoms with E-state index >= 15 is 0 Å². The Balaban J connectivity index is 2.17. The van der Waals surface area contributed by atoms with Gasteiger partial charge in [-0.2, -0.15) is 0 Å². The smallest absolute Gasteiger partial charge is 0.262 e. The predicted molar refractivity (Wildman–Crippen MR) is 98.9 cm³/mol. The summed E-state index contributed by atoms with van der Waals surface area (Å²) in [5.41, 5.74) is 3.08. The van der Waals surface area contributed by atoms with Crippen LogP contribution in [0.4, 0.5) is 5.69 Å². The first kappa shape index (κ1) is 16.8. The topological polar surface area (TPSA) is 49.8 Å². The molecule has 25 heavy (non-hydrogen) atoms. The Labute approximate surface area is 147 Å². The molecule has 0 saturated heterocycles. The SMILES string of the molecule is COc1ccccc1C1C=C/C(=C(/C)O)C(=O)N1c1ccc(C)cc1. The molecule has 1 atom stereocenters. The quantitative estimate of drug-likeness (QED) is 0.664. The number of allylic oxidation sites excluding steroid dienone is 1. The number of hydrogen-bond donors (Lipinski definition) is 1. The first-order valence-electron chi connectivity index (χ1n) is 8.14. The molecule has 2 aromatic rings. The largest absolute Gasteiger partial charge is 0.512 e. The van der Waals surface area contributed by atoms with Crippen LogP contribution in [0.1, 0.15) is 24.1 Å². The summed E-state index contributed by atoms with van der Waals surface area (Å²) < 4.78 is 5.48. The lowest BCUT2D eigenvalue weighted by Gasteiger charge is -2.34. The zero-order valence-corrected chi connectivity index (χ0v) is 14.6. The molecule has 1 amide bonds. The van der Waals surface area contributed by atoms with Gasteiger partial charge in [0, 0.05) is 11.3 Å². The molecule has 0 radical (unpaired) electrons. The molecule has 1 heterocycles. The number of nitrogens with zero attached hydrogens (tertiary/aromatic N) is 1. The maximum absolute atomic E-state index is 13.1. The van der Waals surface area contributed by atoms with Crippen LogP contribution in [-0.2, 0) is 4.79 Å². The lowest BCUT2D eigenvalue weighted by atomic mass is 9.96. The number of ether oxygens (including phenoxy) is 1. The van der Waals surface area contributed by atoms with Gasteiger partial charge in [-0.1, -0.05) is 42.0 Å². The first-order chi connectivity index (χ1) is 12.0. The Morgan fingerprint density at radius 2 is 1.80 bits per heavy atom. The van der Waals surface area contributed by atoms with Gasteiger partial charge in [0.2, 0.25) is 0 Å². The molecule has 0 aliphatic carbocycles. The van der Waals surface area contributed by atoms with Crippen LogP contribution in [0, 0.1) is 6.92 Å². The van der Waals surface area contributed by atoms with Crippen LogP contribution < -0.4 is 9.64 Å². The molecule has 4 nitrogen and oxygen atoms in total. The molecule has 2 aromatic carbocycles. The Kier molecular flexibility index (Phi) is 4.61. The van der Waals surface area contributed by atoms with Crippen molar-refractivity contribution in [3.63, 3.8) is 0 Å². The number of amides is 1. The summed E-state index contributed by atoms with van der Waals surface area (Å²) in [6, 6.07) is 15.1. The summed E-state index contributed by atoms with van der Waals surface area (Å²) in [6.07, 6.45) is 3.59. The molecule has 128 valence electrons. The van der Waals surface area contributed by atoms with Crippen molar-refractivity contribution >= 4 is 11.6 Å². The molecule has 0 aromatic heterocycles.